The van der Waals surface area contributed by atoms with Crippen LogP contribution < -0.4 is 0 Å². The number of phosphoric ester groups is 1. The number of carbonyl (C=O) groups is 2. The second kappa shape index (κ2) is 39.5. The van der Waals surface area contributed by atoms with Crippen LogP contribution in [0.15, 0.2) is 60.8 Å². The average Bonchev–Trinajstić information content (AvgIpc) is 3.17. The molecular formula is C44H77O11P. The van der Waals surface area contributed by atoms with Gasteiger partial charge in [0.05, 0.1) is 25.9 Å². The van der Waals surface area contributed by atoms with Crippen LogP contribution >= 0.6 is 7.82 Å². The number of unbranched alkanes of at least 4 members (excludes halogenated alkanes) is 13. The van der Waals surface area contributed by atoms with Gasteiger partial charge in [0.25, 0.3) is 0 Å². The van der Waals surface area contributed by atoms with E-state index in [2.05, 4.69) is 60.1 Å². The number of rotatable bonds is 39. The van der Waals surface area contributed by atoms with Crippen molar-refractivity contribution in [1.29, 1.82) is 0 Å². The topological polar surface area (TPSA) is 169 Å². The van der Waals surface area contributed by atoms with Gasteiger partial charge in [-0.15, -0.1) is 0 Å². The molecule has 324 valence electrons. The van der Waals surface area contributed by atoms with E-state index in [9.17, 15) is 29.3 Å². The maximum absolute atomic E-state index is 12.6. The molecule has 0 rings (SSSR count). The van der Waals surface area contributed by atoms with Crippen LogP contribution in [0.3, 0.4) is 0 Å². The number of hydrogen-bond donors (Lipinski definition) is 4. The lowest BCUT2D eigenvalue weighted by atomic mass is 10.1. The van der Waals surface area contributed by atoms with E-state index in [4.69, 9.17) is 19.1 Å². The summed E-state index contributed by atoms with van der Waals surface area (Å²) in [6.45, 7) is 1.83. The Kier molecular flexibility index (Phi) is 37.8. The number of esters is 2. The van der Waals surface area contributed by atoms with Crippen molar-refractivity contribution in [2.24, 2.45) is 0 Å². The Morgan fingerprint density at radius 1 is 0.589 bits per heavy atom. The summed E-state index contributed by atoms with van der Waals surface area (Å²) in [5.74, 6) is -1.02. The number of phosphoric acid groups is 1. The van der Waals surface area contributed by atoms with Crippen molar-refractivity contribution in [3.63, 3.8) is 0 Å². The third-order valence-electron chi connectivity index (χ3n) is 8.66. The lowest BCUT2D eigenvalue weighted by Crippen LogP contribution is -2.29. The summed E-state index contributed by atoms with van der Waals surface area (Å²) < 4.78 is 32.6. The molecule has 0 aromatic heterocycles. The predicted molar refractivity (Wildman–Crippen MR) is 225 cm³/mol. The van der Waals surface area contributed by atoms with Crippen molar-refractivity contribution < 1.29 is 52.9 Å². The minimum Gasteiger partial charge on any atom is -0.462 e. The first-order valence-electron chi connectivity index (χ1n) is 21.3. The predicted octanol–water partition coefficient (Wildman–Crippen LogP) is 10.1. The van der Waals surface area contributed by atoms with E-state index in [1.165, 1.54) is 38.5 Å². The van der Waals surface area contributed by atoms with Crippen molar-refractivity contribution in [2.45, 2.75) is 180 Å². The summed E-state index contributed by atoms with van der Waals surface area (Å²) in [5.41, 5.74) is 0. The number of aliphatic hydroxyl groups excluding tert-OH is 3. The van der Waals surface area contributed by atoms with Crippen LogP contribution in [0.4, 0.5) is 0 Å². The Labute approximate surface area is 338 Å². The Morgan fingerprint density at radius 2 is 1.05 bits per heavy atom. The molecule has 0 aromatic carbocycles. The zero-order valence-electron chi connectivity index (χ0n) is 34.7. The summed E-state index contributed by atoms with van der Waals surface area (Å²) in [5, 5.41) is 27.6. The summed E-state index contributed by atoms with van der Waals surface area (Å²) in [6, 6.07) is 0. The first-order chi connectivity index (χ1) is 27.1. The van der Waals surface area contributed by atoms with Gasteiger partial charge in [0.15, 0.2) is 6.10 Å². The molecule has 0 aliphatic heterocycles. The first-order valence-corrected chi connectivity index (χ1v) is 22.8. The van der Waals surface area contributed by atoms with Gasteiger partial charge in [0, 0.05) is 12.8 Å². The Bertz CT molecular complexity index is 1130. The molecule has 0 aliphatic rings. The maximum atomic E-state index is 12.6. The fourth-order valence-electron chi connectivity index (χ4n) is 5.35. The van der Waals surface area contributed by atoms with Gasteiger partial charge in [0.1, 0.15) is 12.7 Å². The van der Waals surface area contributed by atoms with Crippen molar-refractivity contribution >= 4 is 19.8 Å². The SMILES string of the molecule is CCCCCCCC/C=C\CCCCCCCC(=O)O[C@H](COC(=O)CCC/C=C\C/C=C\C/C=C\C/C=C\CCC[C@@H](C)O)COP(=O)(O)OC[C@@H](O)CO. The van der Waals surface area contributed by atoms with Crippen LogP contribution in [-0.2, 0) is 32.7 Å². The maximum Gasteiger partial charge on any atom is 0.472 e. The molecule has 0 saturated heterocycles. The molecule has 56 heavy (non-hydrogen) atoms. The Hall–Kier alpha value is -2.37. The molecular weight excluding hydrogens is 735 g/mol. The van der Waals surface area contributed by atoms with Gasteiger partial charge in [-0.25, -0.2) is 4.57 Å². The van der Waals surface area contributed by atoms with Gasteiger partial charge >= 0.3 is 19.8 Å². The van der Waals surface area contributed by atoms with Gasteiger partial charge in [-0.2, -0.15) is 0 Å². The summed E-state index contributed by atoms with van der Waals surface area (Å²) >= 11 is 0. The van der Waals surface area contributed by atoms with E-state index >= 15 is 0 Å². The van der Waals surface area contributed by atoms with Gasteiger partial charge in [-0.05, 0) is 90.4 Å². The summed E-state index contributed by atoms with van der Waals surface area (Å²) in [6.07, 6.45) is 40.4. The average molecular weight is 813 g/mol. The van der Waals surface area contributed by atoms with Gasteiger partial charge in [-0.3, -0.25) is 18.6 Å². The number of carbonyl (C=O) groups excluding carboxylic acids is 2. The third-order valence-corrected chi connectivity index (χ3v) is 9.61. The molecule has 4 N–H and O–H groups in total. The van der Waals surface area contributed by atoms with Gasteiger partial charge in [0.2, 0.25) is 0 Å². The van der Waals surface area contributed by atoms with E-state index in [0.717, 1.165) is 77.0 Å². The summed E-state index contributed by atoms with van der Waals surface area (Å²) in [4.78, 5) is 34.9. The highest BCUT2D eigenvalue weighted by atomic mass is 31.2. The zero-order valence-corrected chi connectivity index (χ0v) is 35.6. The molecule has 0 aliphatic carbocycles. The fourth-order valence-corrected chi connectivity index (χ4v) is 6.14. The molecule has 12 heteroatoms. The quantitative estimate of drug-likeness (QED) is 0.0202. The van der Waals surface area contributed by atoms with E-state index < -0.39 is 51.8 Å². The van der Waals surface area contributed by atoms with Crippen molar-refractivity contribution in [2.75, 3.05) is 26.4 Å². The molecule has 0 amide bonds. The first kappa shape index (κ1) is 53.6. The fraction of sp³-hybridized carbons (Fsp3) is 0.727. The molecule has 0 heterocycles. The van der Waals surface area contributed by atoms with Crippen LogP contribution in [0.5, 0.6) is 0 Å². The lowest BCUT2D eigenvalue weighted by molar-refractivity contribution is -0.161. The molecule has 0 radical (unpaired) electrons. The Morgan fingerprint density at radius 3 is 1.62 bits per heavy atom. The molecule has 11 nitrogen and oxygen atoms in total. The highest BCUT2D eigenvalue weighted by molar-refractivity contribution is 7.47. The van der Waals surface area contributed by atoms with Crippen LogP contribution in [0.2, 0.25) is 0 Å². The highest BCUT2D eigenvalue weighted by Crippen LogP contribution is 2.43. The van der Waals surface area contributed by atoms with E-state index in [-0.39, 0.29) is 25.6 Å². The molecule has 0 saturated carbocycles. The molecule has 0 bridgehead atoms. The molecule has 0 fully saturated rings. The van der Waals surface area contributed by atoms with E-state index in [0.29, 0.717) is 19.3 Å². The van der Waals surface area contributed by atoms with Crippen LogP contribution in [0.25, 0.3) is 0 Å². The number of allylic oxidation sites excluding steroid dienone is 10. The van der Waals surface area contributed by atoms with E-state index in [1.807, 2.05) is 19.1 Å². The minimum atomic E-state index is -4.64. The molecule has 0 aromatic rings. The number of hydrogen-bond acceptors (Lipinski definition) is 10. The molecule has 0 spiro atoms. The zero-order chi connectivity index (χ0) is 41.4. The Balaban J connectivity index is 4.42. The number of aliphatic hydroxyl groups is 3. The normalized spacial score (nSPS) is 15.0. The van der Waals surface area contributed by atoms with Crippen molar-refractivity contribution in [3.05, 3.63) is 60.8 Å². The molecule has 4 atom stereocenters. The van der Waals surface area contributed by atoms with Gasteiger partial charge < -0.3 is 29.7 Å². The minimum absolute atomic E-state index is 0.150. The van der Waals surface area contributed by atoms with Crippen LogP contribution in [0, 0.1) is 0 Å². The van der Waals surface area contributed by atoms with Crippen LogP contribution in [0.1, 0.15) is 162 Å². The third kappa shape index (κ3) is 39.8. The largest absolute Gasteiger partial charge is 0.472 e. The standard InChI is InChI=1S/C44H77O11P/c1-3-4-5-6-7-8-9-10-12-17-20-23-26-29-32-35-44(49)55-42(39-54-56(50,51)53-37-41(47)36-45)38-52-43(48)34-31-28-25-22-19-16-14-11-13-15-18-21-24-27-30-33-40(2)46/h10,12-16,21-22,24-25,40-42,45-47H,3-9,11,17-20,23,26-39H2,1-2H3,(H,50,51)/b12-10-,15-13-,16-14-,24-21-,25-22-/t40-,41+,42-/m1/s1. The lowest BCUT2D eigenvalue weighted by Gasteiger charge is -2.20. The highest BCUT2D eigenvalue weighted by Gasteiger charge is 2.27. The number of ether oxygens (including phenoxy) is 2. The van der Waals surface area contributed by atoms with Crippen molar-refractivity contribution in [1.82, 2.24) is 0 Å². The van der Waals surface area contributed by atoms with Crippen LogP contribution in [-0.4, -0.2) is 76.9 Å². The van der Waals surface area contributed by atoms with Gasteiger partial charge in [-0.1, -0.05) is 119 Å². The second-order valence-corrected chi connectivity index (χ2v) is 15.7. The molecule has 1 unspecified atom stereocenters. The summed E-state index contributed by atoms with van der Waals surface area (Å²) in [7, 11) is -4.64. The monoisotopic (exact) mass is 813 g/mol. The smallest absolute Gasteiger partial charge is 0.462 e. The van der Waals surface area contributed by atoms with Crippen molar-refractivity contribution in [3.8, 4) is 0 Å². The second-order valence-electron chi connectivity index (χ2n) is 14.3. The van der Waals surface area contributed by atoms with E-state index in [1.54, 1.807) is 0 Å².